The lowest BCUT2D eigenvalue weighted by Crippen LogP contribution is -2.09. The predicted octanol–water partition coefficient (Wildman–Crippen LogP) is 3.89. The van der Waals surface area contributed by atoms with E-state index in [0.29, 0.717) is 5.82 Å². The molecule has 0 spiro atoms. The maximum absolute atomic E-state index is 4.54. The fourth-order valence-corrected chi connectivity index (χ4v) is 2.49. The van der Waals surface area contributed by atoms with E-state index in [1.54, 1.807) is 12.4 Å². The molecule has 0 saturated carbocycles. The minimum atomic E-state index is 0.586. The molecule has 0 aliphatic heterocycles. The van der Waals surface area contributed by atoms with Crippen LogP contribution in [0.5, 0.6) is 0 Å². The van der Waals surface area contributed by atoms with Crippen LogP contribution in [0.4, 0.5) is 5.82 Å². The molecule has 0 fully saturated rings. The second-order valence-corrected chi connectivity index (χ2v) is 5.40. The Kier molecular flexibility index (Phi) is 4.12. The van der Waals surface area contributed by atoms with E-state index >= 15 is 0 Å². The van der Waals surface area contributed by atoms with E-state index in [0.717, 1.165) is 28.0 Å². The summed E-state index contributed by atoms with van der Waals surface area (Å²) in [7, 11) is 0. The zero-order valence-electron chi connectivity index (χ0n) is 13.4. The number of hydrogen-bond acceptors (Lipinski definition) is 5. The molecule has 0 bridgehead atoms. The number of aromatic nitrogens is 3. The first-order chi connectivity index (χ1) is 12.4. The van der Waals surface area contributed by atoms with E-state index in [2.05, 4.69) is 25.5 Å². The number of benzene rings is 2. The van der Waals surface area contributed by atoms with Crippen molar-refractivity contribution in [2.75, 3.05) is 5.43 Å². The number of nitrogens with zero attached hydrogens (tertiary/aromatic N) is 4. The van der Waals surface area contributed by atoms with E-state index in [1.165, 1.54) is 0 Å². The molecule has 4 rings (SSSR count). The van der Waals surface area contributed by atoms with Gasteiger partial charge >= 0.3 is 0 Å². The fourth-order valence-electron chi connectivity index (χ4n) is 2.49. The molecule has 120 valence electrons. The lowest BCUT2D eigenvalue weighted by Gasteiger charge is -2.07. The molecule has 0 aliphatic rings. The molecule has 2 heterocycles. The minimum Gasteiger partial charge on any atom is -0.259 e. The summed E-state index contributed by atoms with van der Waals surface area (Å²) in [6, 6.07) is 23.4. The van der Waals surface area contributed by atoms with Gasteiger partial charge in [0.1, 0.15) is 5.71 Å². The second kappa shape index (κ2) is 6.88. The van der Waals surface area contributed by atoms with Gasteiger partial charge in [-0.3, -0.25) is 15.4 Å². The normalized spacial score (nSPS) is 11.4. The zero-order valence-corrected chi connectivity index (χ0v) is 13.4. The lowest BCUT2D eigenvalue weighted by molar-refractivity contribution is 1.20. The maximum Gasteiger partial charge on any atom is 0.165 e. The van der Waals surface area contributed by atoms with E-state index in [9.17, 15) is 0 Å². The number of anilines is 1. The van der Waals surface area contributed by atoms with Crippen molar-refractivity contribution in [1.29, 1.82) is 0 Å². The third-order valence-corrected chi connectivity index (χ3v) is 3.69. The molecule has 2 aromatic heterocycles. The van der Waals surface area contributed by atoms with Gasteiger partial charge < -0.3 is 0 Å². The minimum absolute atomic E-state index is 0.586. The number of rotatable bonds is 4. The third-order valence-electron chi connectivity index (χ3n) is 3.69. The third kappa shape index (κ3) is 3.35. The number of pyridine rings is 1. The molecule has 25 heavy (non-hydrogen) atoms. The van der Waals surface area contributed by atoms with Crippen LogP contribution in [0.1, 0.15) is 11.3 Å². The number of hydrazone groups is 1. The summed E-state index contributed by atoms with van der Waals surface area (Å²) in [5.74, 6) is 0.586. The maximum atomic E-state index is 4.54. The Morgan fingerprint density at radius 2 is 1.52 bits per heavy atom. The summed E-state index contributed by atoms with van der Waals surface area (Å²) in [5.41, 5.74) is 7.19. The smallest absolute Gasteiger partial charge is 0.165 e. The standard InChI is InChI=1S/C20H15N5/c1-2-8-15(9-3-1)20(18-12-6-7-13-21-18)25-24-19-14-22-16-10-4-5-11-17(16)23-19/h1-14H,(H,23,24). The topological polar surface area (TPSA) is 63.1 Å². The van der Waals surface area contributed by atoms with Crippen molar-refractivity contribution in [2.45, 2.75) is 0 Å². The first-order valence-electron chi connectivity index (χ1n) is 7.92. The quantitative estimate of drug-likeness (QED) is 0.457. The number of nitrogens with one attached hydrogen (secondary N) is 1. The molecule has 0 saturated heterocycles. The molecule has 0 aliphatic carbocycles. The van der Waals surface area contributed by atoms with Gasteiger partial charge in [-0.25, -0.2) is 4.98 Å². The number of fused-ring (bicyclic) bond motifs is 1. The first-order valence-corrected chi connectivity index (χ1v) is 7.92. The fraction of sp³-hybridized carbons (Fsp3) is 0. The predicted molar refractivity (Wildman–Crippen MR) is 99.5 cm³/mol. The van der Waals surface area contributed by atoms with Gasteiger partial charge in [0.2, 0.25) is 0 Å². The van der Waals surface area contributed by atoms with Crippen molar-refractivity contribution >= 4 is 22.6 Å². The van der Waals surface area contributed by atoms with Gasteiger partial charge in [0, 0.05) is 11.8 Å². The van der Waals surface area contributed by atoms with E-state index in [1.807, 2.05) is 72.8 Å². The van der Waals surface area contributed by atoms with Crippen molar-refractivity contribution in [1.82, 2.24) is 15.0 Å². The molecule has 0 unspecified atom stereocenters. The van der Waals surface area contributed by atoms with Crippen LogP contribution in [0.25, 0.3) is 11.0 Å². The van der Waals surface area contributed by atoms with Crippen LogP contribution in [-0.2, 0) is 0 Å². The summed E-state index contributed by atoms with van der Waals surface area (Å²) in [6.45, 7) is 0. The van der Waals surface area contributed by atoms with E-state index < -0.39 is 0 Å². The monoisotopic (exact) mass is 325 g/mol. The van der Waals surface area contributed by atoms with Crippen LogP contribution < -0.4 is 5.43 Å². The van der Waals surface area contributed by atoms with Gasteiger partial charge in [0.05, 0.1) is 22.9 Å². The highest BCUT2D eigenvalue weighted by atomic mass is 15.3. The first kappa shape index (κ1) is 15.0. The Bertz CT molecular complexity index is 972. The van der Waals surface area contributed by atoms with Crippen molar-refractivity contribution < 1.29 is 0 Å². The summed E-state index contributed by atoms with van der Waals surface area (Å²) >= 11 is 0. The summed E-state index contributed by atoms with van der Waals surface area (Å²) in [5, 5.41) is 4.54. The summed E-state index contributed by atoms with van der Waals surface area (Å²) in [4.78, 5) is 13.3. The molecule has 0 amide bonds. The summed E-state index contributed by atoms with van der Waals surface area (Å²) in [6.07, 6.45) is 3.43. The lowest BCUT2D eigenvalue weighted by atomic mass is 10.1. The molecule has 2 aromatic carbocycles. The van der Waals surface area contributed by atoms with Gasteiger partial charge in [0.15, 0.2) is 5.82 Å². The van der Waals surface area contributed by atoms with E-state index in [4.69, 9.17) is 0 Å². The highest BCUT2D eigenvalue weighted by Gasteiger charge is 2.08. The van der Waals surface area contributed by atoms with Gasteiger partial charge in [-0.15, -0.1) is 0 Å². The van der Waals surface area contributed by atoms with Crippen molar-refractivity contribution in [3.05, 3.63) is 96.4 Å². The second-order valence-electron chi connectivity index (χ2n) is 5.40. The Morgan fingerprint density at radius 3 is 2.32 bits per heavy atom. The number of hydrogen-bond donors (Lipinski definition) is 1. The van der Waals surface area contributed by atoms with Gasteiger partial charge in [-0.05, 0) is 24.3 Å². The summed E-state index contributed by atoms with van der Waals surface area (Å²) < 4.78 is 0. The van der Waals surface area contributed by atoms with Gasteiger partial charge in [0.25, 0.3) is 0 Å². The SMILES string of the molecule is c1ccc(C(=NNc2cnc3ccccc3n2)c2ccccn2)cc1. The van der Waals surface area contributed by atoms with Crippen LogP contribution in [0.15, 0.2) is 90.3 Å². The van der Waals surface area contributed by atoms with E-state index in [-0.39, 0.29) is 0 Å². The average molecular weight is 325 g/mol. The molecule has 1 N–H and O–H groups in total. The molecular weight excluding hydrogens is 310 g/mol. The Hall–Kier alpha value is -3.60. The zero-order chi connectivity index (χ0) is 16.9. The highest BCUT2D eigenvalue weighted by Crippen LogP contribution is 2.13. The molecule has 0 radical (unpaired) electrons. The highest BCUT2D eigenvalue weighted by molar-refractivity contribution is 6.11. The van der Waals surface area contributed by atoms with Crippen LogP contribution in [0.3, 0.4) is 0 Å². The molecule has 0 atom stereocenters. The molecule has 4 aromatic rings. The van der Waals surface area contributed by atoms with Crippen LogP contribution in [0.2, 0.25) is 0 Å². The molecule has 5 heteroatoms. The Morgan fingerprint density at radius 1 is 0.760 bits per heavy atom. The largest absolute Gasteiger partial charge is 0.259 e. The molecular formula is C20H15N5. The molecule has 5 nitrogen and oxygen atoms in total. The van der Waals surface area contributed by atoms with Crippen molar-refractivity contribution in [3.63, 3.8) is 0 Å². The Balaban J connectivity index is 1.71. The van der Waals surface area contributed by atoms with Crippen molar-refractivity contribution in [3.8, 4) is 0 Å². The van der Waals surface area contributed by atoms with Gasteiger partial charge in [-0.2, -0.15) is 5.10 Å². The Labute approximate surface area is 145 Å². The van der Waals surface area contributed by atoms with Gasteiger partial charge in [-0.1, -0.05) is 48.5 Å². The van der Waals surface area contributed by atoms with Crippen LogP contribution >= 0.6 is 0 Å². The van der Waals surface area contributed by atoms with Crippen molar-refractivity contribution in [2.24, 2.45) is 5.10 Å². The van der Waals surface area contributed by atoms with Crippen LogP contribution in [-0.4, -0.2) is 20.7 Å². The van der Waals surface area contributed by atoms with Crippen LogP contribution in [0, 0.1) is 0 Å². The average Bonchev–Trinajstić information content (AvgIpc) is 2.70. The number of para-hydroxylation sites is 2.